The van der Waals surface area contributed by atoms with Crippen LogP contribution in [0.15, 0.2) is 60.7 Å². The van der Waals surface area contributed by atoms with Crippen LogP contribution in [0, 0.1) is 20.8 Å². The Morgan fingerprint density at radius 3 is 2.39 bits per heavy atom. The number of fused-ring (bicyclic) bond motifs is 1. The van der Waals surface area contributed by atoms with Crippen LogP contribution in [-0.2, 0) is 11.3 Å². The summed E-state index contributed by atoms with van der Waals surface area (Å²) in [6.07, 6.45) is 0.373. The lowest BCUT2D eigenvalue weighted by molar-refractivity contribution is -0.119. The molecule has 0 spiro atoms. The summed E-state index contributed by atoms with van der Waals surface area (Å²) in [5, 5.41) is 5.48. The van der Waals surface area contributed by atoms with Crippen molar-refractivity contribution in [3.05, 3.63) is 99.5 Å². The standard InChI is InChI=1S/C26H24ClN5O/c1-16-12-17(2)29-26(28-16)32-25-24(18(3)30-32)22(20-9-5-4-6-10-20)14-23(33)31(25)15-19-8-7-11-21(27)13-19/h4-13,22H,14-15H2,1-3H3. The SMILES string of the molecule is Cc1cc(C)nc(-n2nc(C)c3c2N(Cc2cccc(Cl)c2)C(=O)CC3c2ccccc2)n1. The molecule has 5 rings (SSSR count). The molecule has 0 saturated heterocycles. The molecule has 0 radical (unpaired) electrons. The van der Waals surface area contributed by atoms with Gasteiger partial charge in [0.05, 0.1) is 12.2 Å². The number of hydrogen-bond donors (Lipinski definition) is 0. The molecule has 1 atom stereocenters. The average molecular weight is 458 g/mol. The van der Waals surface area contributed by atoms with E-state index in [0.29, 0.717) is 23.9 Å². The predicted molar refractivity (Wildman–Crippen MR) is 129 cm³/mol. The monoisotopic (exact) mass is 457 g/mol. The molecule has 1 amide bonds. The van der Waals surface area contributed by atoms with Gasteiger partial charge in [-0.05, 0) is 50.1 Å². The first kappa shape index (κ1) is 21.3. The lowest BCUT2D eigenvalue weighted by Crippen LogP contribution is -2.38. The lowest BCUT2D eigenvalue weighted by Gasteiger charge is -2.33. The number of aromatic nitrogens is 4. The highest BCUT2D eigenvalue weighted by molar-refractivity contribution is 6.30. The van der Waals surface area contributed by atoms with Gasteiger partial charge in [0, 0.05) is 34.3 Å². The van der Waals surface area contributed by atoms with Crippen LogP contribution in [0.2, 0.25) is 5.02 Å². The zero-order valence-electron chi connectivity index (χ0n) is 18.8. The van der Waals surface area contributed by atoms with Crippen LogP contribution in [-0.4, -0.2) is 25.7 Å². The maximum atomic E-state index is 13.6. The van der Waals surface area contributed by atoms with Gasteiger partial charge < -0.3 is 0 Å². The smallest absolute Gasteiger partial charge is 0.252 e. The summed E-state index contributed by atoms with van der Waals surface area (Å²) in [5.74, 6) is 1.14. The normalized spacial score (nSPS) is 15.6. The molecule has 0 aliphatic carbocycles. The third kappa shape index (κ3) is 4.02. The molecule has 0 saturated carbocycles. The Morgan fingerprint density at radius 2 is 1.70 bits per heavy atom. The summed E-state index contributed by atoms with van der Waals surface area (Å²) in [6, 6.07) is 19.6. The Balaban J connectivity index is 1.71. The Bertz CT molecular complexity index is 1330. The van der Waals surface area contributed by atoms with E-state index in [1.54, 1.807) is 9.58 Å². The van der Waals surface area contributed by atoms with E-state index in [1.807, 2.05) is 69.3 Å². The Kier molecular flexibility index (Phi) is 5.46. The number of halogens is 1. The van der Waals surface area contributed by atoms with Gasteiger partial charge in [-0.2, -0.15) is 9.78 Å². The van der Waals surface area contributed by atoms with E-state index in [-0.39, 0.29) is 11.8 Å². The van der Waals surface area contributed by atoms with Gasteiger partial charge in [0.1, 0.15) is 5.82 Å². The van der Waals surface area contributed by atoms with Crippen LogP contribution in [0.3, 0.4) is 0 Å². The number of nitrogens with zero attached hydrogens (tertiary/aromatic N) is 5. The van der Waals surface area contributed by atoms with Crippen molar-refractivity contribution in [1.82, 2.24) is 19.7 Å². The molecule has 1 unspecified atom stereocenters. The second-order valence-corrected chi connectivity index (χ2v) is 8.90. The van der Waals surface area contributed by atoms with Crippen molar-refractivity contribution in [3.8, 4) is 5.95 Å². The van der Waals surface area contributed by atoms with Crippen LogP contribution in [0.1, 0.15) is 46.1 Å². The van der Waals surface area contributed by atoms with Crippen molar-refractivity contribution in [2.24, 2.45) is 0 Å². The zero-order valence-corrected chi connectivity index (χ0v) is 19.5. The largest absolute Gasteiger partial charge is 0.292 e. The van der Waals surface area contributed by atoms with Crippen molar-refractivity contribution in [2.75, 3.05) is 4.90 Å². The summed E-state index contributed by atoms with van der Waals surface area (Å²) < 4.78 is 1.72. The molecule has 4 aromatic rings. The maximum absolute atomic E-state index is 13.6. The molecule has 0 N–H and O–H groups in total. The third-order valence-electron chi connectivity index (χ3n) is 5.96. The topological polar surface area (TPSA) is 63.9 Å². The molecule has 2 aromatic heterocycles. The van der Waals surface area contributed by atoms with Crippen molar-refractivity contribution < 1.29 is 4.79 Å². The molecule has 1 aliphatic rings. The molecule has 3 heterocycles. The van der Waals surface area contributed by atoms with E-state index in [9.17, 15) is 4.79 Å². The highest BCUT2D eigenvalue weighted by atomic mass is 35.5. The molecule has 6 nitrogen and oxygen atoms in total. The molecule has 7 heteroatoms. The number of rotatable bonds is 4. The summed E-state index contributed by atoms with van der Waals surface area (Å²) >= 11 is 6.23. The second kappa shape index (κ2) is 8.45. The fourth-order valence-electron chi connectivity index (χ4n) is 4.59. The number of carbonyl (C=O) groups is 1. The van der Waals surface area contributed by atoms with Gasteiger partial charge in [-0.1, -0.05) is 54.1 Å². The maximum Gasteiger partial charge on any atom is 0.252 e. The minimum absolute atomic E-state index is 0.0295. The number of aryl methyl sites for hydroxylation is 3. The van der Waals surface area contributed by atoms with Gasteiger partial charge in [0.15, 0.2) is 0 Å². The summed E-state index contributed by atoms with van der Waals surface area (Å²) in [7, 11) is 0. The average Bonchev–Trinajstić information content (AvgIpc) is 3.13. The molecule has 0 fully saturated rings. The first-order valence-corrected chi connectivity index (χ1v) is 11.3. The van der Waals surface area contributed by atoms with E-state index in [2.05, 4.69) is 22.1 Å². The second-order valence-electron chi connectivity index (χ2n) is 8.46. The molecular weight excluding hydrogens is 434 g/mol. The molecule has 0 bridgehead atoms. The van der Waals surface area contributed by atoms with E-state index in [1.165, 1.54) is 0 Å². The van der Waals surface area contributed by atoms with Crippen LogP contribution >= 0.6 is 11.6 Å². The zero-order chi connectivity index (χ0) is 23.1. The van der Waals surface area contributed by atoms with Crippen molar-refractivity contribution in [3.63, 3.8) is 0 Å². The third-order valence-corrected chi connectivity index (χ3v) is 6.19. The molecule has 166 valence electrons. The molecular formula is C26H24ClN5O. The number of carbonyl (C=O) groups excluding carboxylic acids is 1. The van der Waals surface area contributed by atoms with Gasteiger partial charge in [0.2, 0.25) is 5.91 Å². The Labute approximate surface area is 197 Å². The number of amides is 1. The first-order valence-electron chi connectivity index (χ1n) is 10.9. The highest BCUT2D eigenvalue weighted by Crippen LogP contribution is 2.43. The predicted octanol–water partition coefficient (Wildman–Crippen LogP) is 5.31. The fraction of sp³-hybridized carbons (Fsp3) is 0.231. The summed E-state index contributed by atoms with van der Waals surface area (Å²) in [4.78, 5) is 24.6. The Hall–Kier alpha value is -3.51. The summed E-state index contributed by atoms with van der Waals surface area (Å²) in [5.41, 5.74) is 5.64. The van der Waals surface area contributed by atoms with E-state index in [0.717, 1.165) is 39.6 Å². The lowest BCUT2D eigenvalue weighted by atomic mass is 9.85. The fourth-order valence-corrected chi connectivity index (χ4v) is 4.81. The number of benzene rings is 2. The van der Waals surface area contributed by atoms with Crippen molar-refractivity contribution in [2.45, 2.75) is 39.7 Å². The molecule has 2 aromatic carbocycles. The van der Waals surface area contributed by atoms with Gasteiger partial charge in [-0.25, -0.2) is 9.97 Å². The minimum Gasteiger partial charge on any atom is -0.292 e. The van der Waals surface area contributed by atoms with E-state index >= 15 is 0 Å². The minimum atomic E-state index is -0.0797. The van der Waals surface area contributed by atoms with Crippen molar-refractivity contribution >= 4 is 23.3 Å². The van der Waals surface area contributed by atoms with Gasteiger partial charge in [-0.3, -0.25) is 9.69 Å². The Morgan fingerprint density at radius 1 is 0.970 bits per heavy atom. The first-order chi connectivity index (χ1) is 15.9. The molecule has 33 heavy (non-hydrogen) atoms. The molecule has 1 aliphatic heterocycles. The van der Waals surface area contributed by atoms with E-state index < -0.39 is 0 Å². The van der Waals surface area contributed by atoms with E-state index in [4.69, 9.17) is 16.7 Å². The number of hydrogen-bond acceptors (Lipinski definition) is 4. The van der Waals surface area contributed by atoms with Crippen LogP contribution in [0.5, 0.6) is 0 Å². The quantitative estimate of drug-likeness (QED) is 0.416. The highest BCUT2D eigenvalue weighted by Gasteiger charge is 2.38. The van der Waals surface area contributed by atoms with Gasteiger partial charge >= 0.3 is 0 Å². The van der Waals surface area contributed by atoms with Crippen LogP contribution in [0.25, 0.3) is 5.95 Å². The van der Waals surface area contributed by atoms with Crippen molar-refractivity contribution in [1.29, 1.82) is 0 Å². The number of anilines is 1. The van der Waals surface area contributed by atoms with Crippen LogP contribution in [0.4, 0.5) is 5.82 Å². The summed E-state index contributed by atoms with van der Waals surface area (Å²) in [6.45, 7) is 6.25. The van der Waals surface area contributed by atoms with Gasteiger partial charge in [-0.15, -0.1) is 0 Å². The van der Waals surface area contributed by atoms with Gasteiger partial charge in [0.25, 0.3) is 5.95 Å². The van der Waals surface area contributed by atoms with Crippen LogP contribution < -0.4 is 4.90 Å².